The highest BCUT2D eigenvalue weighted by Crippen LogP contribution is 2.30. The van der Waals surface area contributed by atoms with Gasteiger partial charge in [-0.05, 0) is 60.7 Å². The summed E-state index contributed by atoms with van der Waals surface area (Å²) in [5, 5.41) is 3.61. The van der Waals surface area contributed by atoms with Crippen LogP contribution in [0.2, 0.25) is 0 Å². The molecule has 1 atom stereocenters. The van der Waals surface area contributed by atoms with Crippen LogP contribution in [0, 0.1) is 0 Å². The van der Waals surface area contributed by atoms with Crippen LogP contribution in [0.4, 0.5) is 5.69 Å². The number of anilines is 1. The van der Waals surface area contributed by atoms with Crippen LogP contribution in [-0.2, 0) is 12.8 Å². The van der Waals surface area contributed by atoms with Crippen molar-refractivity contribution in [3.63, 3.8) is 0 Å². The van der Waals surface area contributed by atoms with Crippen LogP contribution in [-0.4, -0.2) is 20.3 Å². The van der Waals surface area contributed by atoms with Crippen LogP contribution in [0.3, 0.4) is 0 Å². The number of hydrogen-bond acceptors (Lipinski definition) is 3. The van der Waals surface area contributed by atoms with Gasteiger partial charge >= 0.3 is 0 Å². The predicted octanol–water partition coefficient (Wildman–Crippen LogP) is 3.67. The first-order valence-corrected chi connectivity index (χ1v) is 7.35. The Balaban J connectivity index is 1.71. The van der Waals surface area contributed by atoms with E-state index in [1.165, 1.54) is 11.1 Å². The van der Waals surface area contributed by atoms with E-state index in [1.807, 2.05) is 12.1 Å². The van der Waals surface area contributed by atoms with Crippen LogP contribution >= 0.6 is 0 Å². The summed E-state index contributed by atoms with van der Waals surface area (Å²) in [7, 11) is 3.44. The Kier molecular flexibility index (Phi) is 4.00. The van der Waals surface area contributed by atoms with Crippen molar-refractivity contribution in [1.82, 2.24) is 0 Å². The first-order valence-electron chi connectivity index (χ1n) is 7.35. The predicted molar refractivity (Wildman–Crippen MR) is 85.4 cm³/mol. The highest BCUT2D eigenvalue weighted by molar-refractivity contribution is 5.49. The van der Waals surface area contributed by atoms with Gasteiger partial charge in [-0.15, -0.1) is 0 Å². The highest BCUT2D eigenvalue weighted by Gasteiger charge is 2.20. The summed E-state index contributed by atoms with van der Waals surface area (Å²) in [6, 6.07) is 14.9. The van der Waals surface area contributed by atoms with Gasteiger partial charge < -0.3 is 14.8 Å². The normalized spacial score (nSPS) is 17.0. The van der Waals surface area contributed by atoms with E-state index in [0.717, 1.165) is 36.4 Å². The molecule has 2 aromatic rings. The molecule has 3 rings (SSSR count). The molecule has 0 spiro atoms. The van der Waals surface area contributed by atoms with Crippen LogP contribution in [0.15, 0.2) is 42.5 Å². The molecule has 3 heteroatoms. The molecular weight excluding hydrogens is 262 g/mol. The van der Waals surface area contributed by atoms with Crippen molar-refractivity contribution in [2.75, 3.05) is 19.5 Å². The van der Waals surface area contributed by atoms with E-state index in [-0.39, 0.29) is 0 Å². The molecule has 0 aliphatic heterocycles. The minimum absolute atomic E-state index is 0.470. The summed E-state index contributed by atoms with van der Waals surface area (Å²) < 4.78 is 10.6. The van der Waals surface area contributed by atoms with Gasteiger partial charge in [0.25, 0.3) is 0 Å². The van der Waals surface area contributed by atoms with E-state index in [0.29, 0.717) is 6.04 Å². The van der Waals surface area contributed by atoms with E-state index in [1.54, 1.807) is 14.2 Å². The number of ether oxygens (including phenoxy) is 2. The Hall–Kier alpha value is -2.16. The van der Waals surface area contributed by atoms with Gasteiger partial charge in [0.05, 0.1) is 14.2 Å². The Bertz CT molecular complexity index is 607. The molecule has 0 aromatic heterocycles. The average Bonchev–Trinajstić information content (AvgIpc) is 2.54. The van der Waals surface area contributed by atoms with Crippen LogP contribution in [0.25, 0.3) is 0 Å². The van der Waals surface area contributed by atoms with E-state index < -0.39 is 0 Å². The second-order valence-electron chi connectivity index (χ2n) is 5.41. The topological polar surface area (TPSA) is 30.5 Å². The third-order valence-corrected chi connectivity index (χ3v) is 4.12. The zero-order chi connectivity index (χ0) is 14.7. The van der Waals surface area contributed by atoms with E-state index in [9.17, 15) is 0 Å². The molecule has 2 aromatic carbocycles. The quantitative estimate of drug-likeness (QED) is 0.928. The zero-order valence-corrected chi connectivity index (χ0v) is 12.6. The number of nitrogens with one attached hydrogen (secondary N) is 1. The molecule has 1 aliphatic carbocycles. The van der Waals surface area contributed by atoms with E-state index in [2.05, 4.69) is 35.6 Å². The molecule has 110 valence electrons. The van der Waals surface area contributed by atoms with Crippen molar-refractivity contribution >= 4 is 5.69 Å². The van der Waals surface area contributed by atoms with Gasteiger partial charge in [-0.25, -0.2) is 0 Å². The highest BCUT2D eigenvalue weighted by atomic mass is 16.5. The maximum Gasteiger partial charge on any atom is 0.122 e. The molecule has 0 unspecified atom stereocenters. The van der Waals surface area contributed by atoms with Crippen LogP contribution < -0.4 is 14.8 Å². The summed E-state index contributed by atoms with van der Waals surface area (Å²) in [5.41, 5.74) is 3.91. The third-order valence-electron chi connectivity index (χ3n) is 4.12. The first kappa shape index (κ1) is 13.8. The number of benzene rings is 2. The lowest BCUT2D eigenvalue weighted by Crippen LogP contribution is -2.27. The molecule has 3 nitrogen and oxygen atoms in total. The van der Waals surface area contributed by atoms with Crippen molar-refractivity contribution in [3.8, 4) is 11.5 Å². The second kappa shape index (κ2) is 6.08. The van der Waals surface area contributed by atoms with Gasteiger partial charge in [0.2, 0.25) is 0 Å². The monoisotopic (exact) mass is 283 g/mol. The Morgan fingerprint density at radius 3 is 2.52 bits per heavy atom. The summed E-state index contributed by atoms with van der Waals surface area (Å²) >= 11 is 0. The molecule has 1 N–H and O–H groups in total. The Morgan fingerprint density at radius 1 is 1.00 bits per heavy atom. The summed E-state index contributed by atoms with van der Waals surface area (Å²) in [6.07, 6.45) is 3.23. The molecule has 0 heterocycles. The van der Waals surface area contributed by atoms with Gasteiger partial charge in [0.15, 0.2) is 0 Å². The van der Waals surface area contributed by atoms with Crippen LogP contribution in [0.5, 0.6) is 11.5 Å². The fourth-order valence-corrected chi connectivity index (χ4v) is 3.01. The summed E-state index contributed by atoms with van der Waals surface area (Å²) in [4.78, 5) is 0. The molecule has 21 heavy (non-hydrogen) atoms. The fraction of sp³-hybridized carbons (Fsp3) is 0.333. The molecule has 0 fully saturated rings. The smallest absolute Gasteiger partial charge is 0.122 e. The Labute approximate surface area is 125 Å². The third kappa shape index (κ3) is 2.97. The molecule has 0 radical (unpaired) electrons. The van der Waals surface area contributed by atoms with E-state index >= 15 is 0 Å². The standard InChI is InChI=1S/C18H21NO2/c1-20-16-9-6-14(7-10-16)19-15-8-11-17-13(12-15)4-3-5-18(17)21-2/h3-7,9-10,15,19H,8,11-12H2,1-2H3/t15-/m0/s1. The molecular formula is C18H21NO2. The lowest BCUT2D eigenvalue weighted by molar-refractivity contribution is 0.405. The fourth-order valence-electron chi connectivity index (χ4n) is 3.01. The van der Waals surface area contributed by atoms with Gasteiger partial charge in [-0.1, -0.05) is 12.1 Å². The SMILES string of the molecule is COc1ccc(N[C@H]2CCc3c(cccc3OC)C2)cc1. The van der Waals surface area contributed by atoms with Crippen molar-refractivity contribution in [2.24, 2.45) is 0 Å². The molecule has 0 bridgehead atoms. The number of hydrogen-bond donors (Lipinski definition) is 1. The molecule has 0 saturated carbocycles. The van der Waals surface area contributed by atoms with Gasteiger partial charge in [-0.2, -0.15) is 0 Å². The maximum atomic E-state index is 5.46. The first-order chi connectivity index (χ1) is 10.3. The number of methoxy groups -OCH3 is 2. The second-order valence-corrected chi connectivity index (χ2v) is 5.41. The van der Waals surface area contributed by atoms with Crippen molar-refractivity contribution in [3.05, 3.63) is 53.6 Å². The zero-order valence-electron chi connectivity index (χ0n) is 12.6. The van der Waals surface area contributed by atoms with Crippen LogP contribution in [0.1, 0.15) is 17.5 Å². The molecule has 1 aliphatic rings. The van der Waals surface area contributed by atoms with E-state index in [4.69, 9.17) is 9.47 Å². The summed E-state index contributed by atoms with van der Waals surface area (Å²) in [6.45, 7) is 0. The van der Waals surface area contributed by atoms with Gasteiger partial charge in [-0.3, -0.25) is 0 Å². The molecule has 0 saturated heterocycles. The molecule has 0 amide bonds. The minimum atomic E-state index is 0.470. The van der Waals surface area contributed by atoms with Crippen molar-refractivity contribution < 1.29 is 9.47 Å². The van der Waals surface area contributed by atoms with Crippen molar-refractivity contribution in [1.29, 1.82) is 0 Å². The average molecular weight is 283 g/mol. The van der Waals surface area contributed by atoms with Crippen molar-refractivity contribution in [2.45, 2.75) is 25.3 Å². The number of rotatable bonds is 4. The lowest BCUT2D eigenvalue weighted by Gasteiger charge is -2.27. The van der Waals surface area contributed by atoms with Gasteiger partial charge in [0.1, 0.15) is 11.5 Å². The Morgan fingerprint density at radius 2 is 1.81 bits per heavy atom. The largest absolute Gasteiger partial charge is 0.497 e. The maximum absolute atomic E-state index is 5.46. The minimum Gasteiger partial charge on any atom is -0.497 e. The summed E-state index contributed by atoms with van der Waals surface area (Å²) in [5.74, 6) is 1.91. The lowest BCUT2D eigenvalue weighted by atomic mass is 9.87. The van der Waals surface area contributed by atoms with Gasteiger partial charge in [0, 0.05) is 11.7 Å². The number of fused-ring (bicyclic) bond motifs is 1.